The SMILES string of the molecule is Nc1cc2cc(O)cc(C=O)c2s1. The maximum Gasteiger partial charge on any atom is 0.151 e. The Bertz CT molecular complexity index is 476. The van der Waals surface area contributed by atoms with Crippen molar-refractivity contribution in [2.75, 3.05) is 5.73 Å². The van der Waals surface area contributed by atoms with Gasteiger partial charge in [-0.15, -0.1) is 11.3 Å². The van der Waals surface area contributed by atoms with Gasteiger partial charge in [-0.3, -0.25) is 4.79 Å². The highest BCUT2D eigenvalue weighted by molar-refractivity contribution is 7.23. The van der Waals surface area contributed by atoms with Gasteiger partial charge >= 0.3 is 0 Å². The van der Waals surface area contributed by atoms with E-state index in [-0.39, 0.29) is 5.75 Å². The van der Waals surface area contributed by atoms with E-state index in [0.29, 0.717) is 10.6 Å². The molecule has 13 heavy (non-hydrogen) atoms. The fourth-order valence-electron chi connectivity index (χ4n) is 1.27. The molecule has 1 heterocycles. The van der Waals surface area contributed by atoms with Crippen LogP contribution in [0.3, 0.4) is 0 Å². The second-order valence-electron chi connectivity index (χ2n) is 2.72. The minimum Gasteiger partial charge on any atom is -0.508 e. The van der Waals surface area contributed by atoms with E-state index in [0.717, 1.165) is 16.4 Å². The predicted molar refractivity (Wildman–Crippen MR) is 53.3 cm³/mol. The maximum atomic E-state index is 10.6. The summed E-state index contributed by atoms with van der Waals surface area (Å²) >= 11 is 1.35. The first-order chi connectivity index (χ1) is 6.20. The number of aromatic hydroxyl groups is 1. The molecule has 0 aliphatic heterocycles. The first-order valence-corrected chi connectivity index (χ1v) is 4.49. The van der Waals surface area contributed by atoms with Crippen LogP contribution in [0.4, 0.5) is 5.00 Å². The molecule has 3 nitrogen and oxygen atoms in total. The molecule has 0 amide bonds. The summed E-state index contributed by atoms with van der Waals surface area (Å²) in [5, 5.41) is 10.7. The zero-order chi connectivity index (χ0) is 9.42. The standard InChI is InChI=1S/C9H7NO2S/c10-8-3-5-1-7(12)2-6(4-11)9(5)13-8/h1-4,12H,10H2. The Hall–Kier alpha value is -1.55. The Morgan fingerprint density at radius 3 is 2.85 bits per heavy atom. The van der Waals surface area contributed by atoms with Crippen molar-refractivity contribution >= 4 is 32.7 Å². The smallest absolute Gasteiger partial charge is 0.151 e. The first kappa shape index (κ1) is 8.07. The van der Waals surface area contributed by atoms with Gasteiger partial charge < -0.3 is 10.8 Å². The largest absolute Gasteiger partial charge is 0.508 e. The molecule has 4 heteroatoms. The second kappa shape index (κ2) is 2.74. The van der Waals surface area contributed by atoms with Crippen LogP contribution in [-0.4, -0.2) is 11.4 Å². The fraction of sp³-hybridized carbons (Fsp3) is 0. The van der Waals surface area contributed by atoms with Gasteiger partial charge in [0.2, 0.25) is 0 Å². The van der Waals surface area contributed by atoms with Gasteiger partial charge in [0.1, 0.15) is 5.75 Å². The number of nitrogens with two attached hydrogens (primary N) is 1. The summed E-state index contributed by atoms with van der Waals surface area (Å²) in [6.45, 7) is 0. The highest BCUT2D eigenvalue weighted by Crippen LogP contribution is 2.32. The molecule has 2 rings (SSSR count). The Morgan fingerprint density at radius 1 is 1.38 bits per heavy atom. The lowest BCUT2D eigenvalue weighted by molar-refractivity contribution is 0.112. The van der Waals surface area contributed by atoms with E-state index < -0.39 is 0 Å². The monoisotopic (exact) mass is 193 g/mol. The number of thiophene rings is 1. The molecule has 1 aromatic heterocycles. The number of fused-ring (bicyclic) bond motifs is 1. The summed E-state index contributed by atoms with van der Waals surface area (Å²) in [4.78, 5) is 10.6. The number of hydrogen-bond donors (Lipinski definition) is 2. The number of hydrogen-bond acceptors (Lipinski definition) is 4. The lowest BCUT2D eigenvalue weighted by Crippen LogP contribution is -1.78. The minimum absolute atomic E-state index is 0.0902. The molecule has 0 atom stereocenters. The highest BCUT2D eigenvalue weighted by Gasteiger charge is 2.05. The highest BCUT2D eigenvalue weighted by atomic mass is 32.1. The van der Waals surface area contributed by atoms with Crippen LogP contribution in [0, 0.1) is 0 Å². The number of benzene rings is 1. The Morgan fingerprint density at radius 2 is 2.15 bits per heavy atom. The van der Waals surface area contributed by atoms with Gasteiger partial charge in [-0.25, -0.2) is 0 Å². The third-order valence-corrected chi connectivity index (χ3v) is 2.80. The molecule has 0 saturated carbocycles. The summed E-state index contributed by atoms with van der Waals surface area (Å²) < 4.78 is 0.824. The summed E-state index contributed by atoms with van der Waals surface area (Å²) in [5.41, 5.74) is 6.07. The normalized spacial score (nSPS) is 10.5. The van der Waals surface area contributed by atoms with E-state index in [1.807, 2.05) is 0 Å². The molecule has 2 aromatic rings. The van der Waals surface area contributed by atoms with Gasteiger partial charge in [0.05, 0.1) is 5.00 Å². The molecule has 0 spiro atoms. The predicted octanol–water partition coefficient (Wildman–Crippen LogP) is 2.00. The van der Waals surface area contributed by atoms with Gasteiger partial charge in [0.15, 0.2) is 6.29 Å². The number of phenols is 1. The quantitative estimate of drug-likeness (QED) is 0.681. The second-order valence-corrected chi connectivity index (χ2v) is 3.80. The zero-order valence-electron chi connectivity index (χ0n) is 6.65. The average molecular weight is 193 g/mol. The van der Waals surface area contributed by atoms with Crippen LogP contribution < -0.4 is 5.73 Å². The number of nitrogen functional groups attached to an aromatic ring is 1. The number of carbonyl (C=O) groups is 1. The first-order valence-electron chi connectivity index (χ1n) is 3.68. The van der Waals surface area contributed by atoms with Crippen molar-refractivity contribution < 1.29 is 9.90 Å². The molecule has 1 aromatic carbocycles. The van der Waals surface area contributed by atoms with Gasteiger partial charge in [-0.1, -0.05) is 0 Å². The average Bonchev–Trinajstić information content (AvgIpc) is 2.43. The Kier molecular flexibility index (Phi) is 1.70. The van der Waals surface area contributed by atoms with Crippen LogP contribution in [0.25, 0.3) is 10.1 Å². The Balaban J connectivity index is 2.88. The van der Waals surface area contributed by atoms with Crippen molar-refractivity contribution in [1.82, 2.24) is 0 Å². The van der Waals surface area contributed by atoms with Crippen molar-refractivity contribution in [2.24, 2.45) is 0 Å². The van der Waals surface area contributed by atoms with E-state index in [1.165, 1.54) is 17.4 Å². The molecular formula is C9H7NO2S. The van der Waals surface area contributed by atoms with Crippen molar-refractivity contribution in [2.45, 2.75) is 0 Å². The van der Waals surface area contributed by atoms with Gasteiger partial charge in [0, 0.05) is 10.3 Å². The number of rotatable bonds is 1. The van der Waals surface area contributed by atoms with Crippen molar-refractivity contribution in [3.63, 3.8) is 0 Å². The third kappa shape index (κ3) is 1.25. The van der Waals surface area contributed by atoms with Crippen LogP contribution in [0.2, 0.25) is 0 Å². The minimum atomic E-state index is 0.0902. The van der Waals surface area contributed by atoms with E-state index in [1.54, 1.807) is 12.1 Å². The number of phenolic OH excluding ortho intramolecular Hbond substituents is 1. The molecule has 0 saturated heterocycles. The van der Waals surface area contributed by atoms with E-state index in [9.17, 15) is 9.90 Å². The molecule has 0 aliphatic carbocycles. The molecule has 0 unspecified atom stereocenters. The summed E-state index contributed by atoms with van der Waals surface area (Å²) in [5.74, 6) is 0.0902. The van der Waals surface area contributed by atoms with E-state index in [4.69, 9.17) is 5.73 Å². The third-order valence-electron chi connectivity index (χ3n) is 1.78. The lowest BCUT2D eigenvalue weighted by Gasteiger charge is -1.95. The van der Waals surface area contributed by atoms with Crippen LogP contribution >= 0.6 is 11.3 Å². The van der Waals surface area contributed by atoms with Gasteiger partial charge in [-0.2, -0.15) is 0 Å². The molecule has 0 fully saturated rings. The molecule has 66 valence electrons. The number of anilines is 1. The van der Waals surface area contributed by atoms with Crippen LogP contribution in [0.1, 0.15) is 10.4 Å². The zero-order valence-corrected chi connectivity index (χ0v) is 7.47. The van der Waals surface area contributed by atoms with Crippen molar-refractivity contribution in [3.8, 4) is 5.75 Å². The number of carbonyl (C=O) groups excluding carboxylic acids is 1. The molecule has 0 aliphatic rings. The fourth-order valence-corrected chi connectivity index (χ4v) is 2.15. The van der Waals surface area contributed by atoms with Crippen LogP contribution in [0.15, 0.2) is 18.2 Å². The number of aldehydes is 1. The van der Waals surface area contributed by atoms with Crippen molar-refractivity contribution in [3.05, 3.63) is 23.8 Å². The van der Waals surface area contributed by atoms with Crippen LogP contribution in [-0.2, 0) is 0 Å². The molecular weight excluding hydrogens is 186 g/mol. The lowest BCUT2D eigenvalue weighted by atomic mass is 10.2. The molecule has 3 N–H and O–H groups in total. The van der Waals surface area contributed by atoms with Crippen LogP contribution in [0.5, 0.6) is 5.75 Å². The van der Waals surface area contributed by atoms with Gasteiger partial charge in [-0.05, 0) is 23.6 Å². The van der Waals surface area contributed by atoms with E-state index >= 15 is 0 Å². The molecule has 0 radical (unpaired) electrons. The Labute approximate surface area is 78.4 Å². The summed E-state index contributed by atoms with van der Waals surface area (Å²) in [7, 11) is 0. The van der Waals surface area contributed by atoms with Crippen molar-refractivity contribution in [1.29, 1.82) is 0 Å². The maximum absolute atomic E-state index is 10.6. The van der Waals surface area contributed by atoms with Gasteiger partial charge in [0.25, 0.3) is 0 Å². The van der Waals surface area contributed by atoms with E-state index in [2.05, 4.69) is 0 Å². The summed E-state index contributed by atoms with van der Waals surface area (Å²) in [6.07, 6.45) is 0.720. The topological polar surface area (TPSA) is 63.3 Å². The molecule has 0 bridgehead atoms. The summed E-state index contributed by atoms with van der Waals surface area (Å²) in [6, 6.07) is 4.77.